The minimum Gasteiger partial charge on any atom is -0.478 e. The van der Waals surface area contributed by atoms with Crippen LogP contribution in [0, 0.1) is 0 Å². The van der Waals surface area contributed by atoms with Crippen molar-refractivity contribution in [2.45, 2.75) is 6.54 Å². The van der Waals surface area contributed by atoms with E-state index in [1.54, 1.807) is 35.0 Å². The Balaban J connectivity index is 1.72. The summed E-state index contributed by atoms with van der Waals surface area (Å²) >= 11 is 0. The Morgan fingerprint density at radius 1 is 1.11 bits per heavy atom. The number of nitrogens with one attached hydrogen (secondary N) is 1. The molecule has 4 rings (SSSR count). The van der Waals surface area contributed by atoms with Gasteiger partial charge in [-0.3, -0.25) is 9.78 Å². The van der Waals surface area contributed by atoms with Crippen molar-refractivity contribution in [3.63, 3.8) is 0 Å². The van der Waals surface area contributed by atoms with Gasteiger partial charge in [0, 0.05) is 18.9 Å². The van der Waals surface area contributed by atoms with Crippen LogP contribution in [0.4, 0.5) is 0 Å². The molecule has 28 heavy (non-hydrogen) atoms. The van der Waals surface area contributed by atoms with Crippen molar-refractivity contribution < 1.29 is 19.8 Å². The number of H-pyrrole nitrogens is 1. The van der Waals surface area contributed by atoms with E-state index in [0.717, 1.165) is 11.8 Å². The molecule has 3 N–H and O–H groups in total. The second-order valence-corrected chi connectivity index (χ2v) is 6.05. The standard InChI is InChI=1S/C18H13N5O5/c24-15-14-13(20-18(21-15)23-9-12(7-19-23)17(27)28)4-5-22(14)8-10-2-1-3-11(6-10)16(25)26/h1-7,9H,8H2,(H,25,26)(H,27,28)(H,20,21,24). The van der Waals surface area contributed by atoms with E-state index in [9.17, 15) is 14.4 Å². The van der Waals surface area contributed by atoms with E-state index in [1.165, 1.54) is 16.9 Å². The van der Waals surface area contributed by atoms with Gasteiger partial charge in [0.1, 0.15) is 5.52 Å². The molecule has 0 aliphatic heterocycles. The lowest BCUT2D eigenvalue weighted by Gasteiger charge is -2.07. The monoisotopic (exact) mass is 379 g/mol. The molecule has 3 aromatic heterocycles. The first-order chi connectivity index (χ1) is 13.4. The number of hydrogen-bond acceptors (Lipinski definition) is 5. The number of aromatic nitrogens is 5. The van der Waals surface area contributed by atoms with Gasteiger partial charge in [-0.1, -0.05) is 12.1 Å². The van der Waals surface area contributed by atoms with Crippen molar-refractivity contribution in [1.82, 2.24) is 24.3 Å². The first-order valence-electron chi connectivity index (χ1n) is 8.12. The number of benzene rings is 1. The molecular formula is C18H13N5O5. The fourth-order valence-electron chi connectivity index (χ4n) is 2.89. The number of aromatic carboxylic acids is 2. The van der Waals surface area contributed by atoms with Gasteiger partial charge >= 0.3 is 11.9 Å². The number of nitrogens with zero attached hydrogens (tertiary/aromatic N) is 4. The highest BCUT2D eigenvalue weighted by atomic mass is 16.4. The Hall–Kier alpha value is -4.21. The number of rotatable bonds is 5. The molecule has 0 saturated heterocycles. The molecular weight excluding hydrogens is 366 g/mol. The Kier molecular flexibility index (Phi) is 4.00. The maximum atomic E-state index is 12.6. The molecule has 0 radical (unpaired) electrons. The van der Waals surface area contributed by atoms with Crippen LogP contribution in [0.25, 0.3) is 17.0 Å². The molecule has 0 aliphatic carbocycles. The van der Waals surface area contributed by atoms with E-state index in [2.05, 4.69) is 15.1 Å². The molecule has 0 aliphatic rings. The van der Waals surface area contributed by atoms with Crippen molar-refractivity contribution in [3.05, 3.63) is 76.0 Å². The van der Waals surface area contributed by atoms with Crippen LogP contribution in [0.2, 0.25) is 0 Å². The van der Waals surface area contributed by atoms with E-state index < -0.39 is 17.5 Å². The van der Waals surface area contributed by atoms with Crippen LogP contribution >= 0.6 is 0 Å². The summed E-state index contributed by atoms with van der Waals surface area (Å²) in [7, 11) is 0. The smallest absolute Gasteiger partial charge is 0.338 e. The van der Waals surface area contributed by atoms with Crippen molar-refractivity contribution >= 4 is 23.0 Å². The van der Waals surface area contributed by atoms with Crippen LogP contribution in [0.5, 0.6) is 0 Å². The second-order valence-electron chi connectivity index (χ2n) is 6.05. The third-order valence-corrected chi connectivity index (χ3v) is 4.18. The zero-order chi connectivity index (χ0) is 19.8. The summed E-state index contributed by atoms with van der Waals surface area (Å²) in [6, 6.07) is 8.10. The largest absolute Gasteiger partial charge is 0.478 e. The molecule has 0 saturated carbocycles. The minimum atomic E-state index is -1.13. The minimum absolute atomic E-state index is 0.0290. The zero-order valence-electron chi connectivity index (χ0n) is 14.2. The fraction of sp³-hybridized carbons (Fsp3) is 0.0556. The van der Waals surface area contributed by atoms with Gasteiger partial charge < -0.3 is 14.8 Å². The lowest BCUT2D eigenvalue weighted by atomic mass is 10.1. The van der Waals surface area contributed by atoms with Crippen molar-refractivity contribution in [3.8, 4) is 5.95 Å². The molecule has 1 aromatic carbocycles. The summed E-state index contributed by atoms with van der Waals surface area (Å²) in [5.41, 5.74) is 1.15. The third-order valence-electron chi connectivity index (χ3n) is 4.18. The molecule has 140 valence electrons. The number of aromatic amines is 1. The summed E-state index contributed by atoms with van der Waals surface area (Å²) in [5.74, 6) is -2.07. The summed E-state index contributed by atoms with van der Waals surface area (Å²) in [5, 5.41) is 22.0. The fourth-order valence-corrected chi connectivity index (χ4v) is 2.89. The highest BCUT2D eigenvalue weighted by Gasteiger charge is 2.13. The van der Waals surface area contributed by atoms with Gasteiger partial charge in [-0.2, -0.15) is 5.10 Å². The van der Waals surface area contributed by atoms with E-state index in [1.807, 2.05) is 0 Å². The van der Waals surface area contributed by atoms with Gasteiger partial charge in [0.05, 0.1) is 22.8 Å². The summed E-state index contributed by atoms with van der Waals surface area (Å²) < 4.78 is 2.84. The average Bonchev–Trinajstić information content (AvgIpc) is 3.30. The lowest BCUT2D eigenvalue weighted by molar-refractivity contribution is 0.0686. The Bertz CT molecular complexity index is 1280. The maximum absolute atomic E-state index is 12.6. The molecule has 0 atom stereocenters. The van der Waals surface area contributed by atoms with Gasteiger partial charge in [-0.25, -0.2) is 19.3 Å². The Labute approximate surface area is 156 Å². The molecule has 4 aromatic rings. The first-order valence-corrected chi connectivity index (χ1v) is 8.12. The van der Waals surface area contributed by atoms with Crippen molar-refractivity contribution in [1.29, 1.82) is 0 Å². The van der Waals surface area contributed by atoms with Crippen molar-refractivity contribution in [2.75, 3.05) is 0 Å². The summed E-state index contributed by atoms with van der Waals surface area (Å²) in [6.07, 6.45) is 4.09. The third kappa shape index (κ3) is 3.03. The molecule has 0 bridgehead atoms. The molecule has 0 fully saturated rings. The second kappa shape index (κ2) is 6.50. The number of carboxylic acids is 2. The van der Waals surface area contributed by atoms with Crippen LogP contribution in [-0.4, -0.2) is 46.5 Å². The average molecular weight is 379 g/mol. The van der Waals surface area contributed by atoms with Gasteiger partial charge in [0.15, 0.2) is 0 Å². The van der Waals surface area contributed by atoms with Gasteiger partial charge in [-0.15, -0.1) is 0 Å². The van der Waals surface area contributed by atoms with Crippen LogP contribution < -0.4 is 5.56 Å². The number of fused-ring (bicyclic) bond motifs is 1. The molecule has 3 heterocycles. The van der Waals surface area contributed by atoms with Gasteiger partial charge in [-0.05, 0) is 23.8 Å². The Morgan fingerprint density at radius 3 is 2.61 bits per heavy atom. The topological polar surface area (TPSA) is 143 Å². The Morgan fingerprint density at radius 2 is 1.89 bits per heavy atom. The number of hydrogen-bond donors (Lipinski definition) is 3. The predicted octanol–water partition coefficient (Wildman–Crippen LogP) is 1.35. The van der Waals surface area contributed by atoms with E-state index in [4.69, 9.17) is 10.2 Å². The van der Waals surface area contributed by atoms with E-state index >= 15 is 0 Å². The van der Waals surface area contributed by atoms with E-state index in [-0.39, 0.29) is 17.1 Å². The first kappa shape index (κ1) is 17.2. The van der Waals surface area contributed by atoms with E-state index in [0.29, 0.717) is 17.6 Å². The van der Waals surface area contributed by atoms with Crippen LogP contribution in [0.3, 0.4) is 0 Å². The summed E-state index contributed by atoms with van der Waals surface area (Å²) in [4.78, 5) is 41.6. The molecule has 0 amide bonds. The SMILES string of the molecule is O=C(O)c1cccc(Cn2ccc3nc(-n4cc(C(=O)O)cn4)[nH]c(=O)c32)c1. The maximum Gasteiger partial charge on any atom is 0.338 e. The number of carboxylic acid groups (broad SMARTS) is 2. The van der Waals surface area contributed by atoms with Crippen LogP contribution in [-0.2, 0) is 6.54 Å². The lowest BCUT2D eigenvalue weighted by Crippen LogP contribution is -2.16. The summed E-state index contributed by atoms with van der Waals surface area (Å²) in [6.45, 7) is 0.291. The quantitative estimate of drug-likeness (QED) is 0.475. The van der Waals surface area contributed by atoms with Crippen molar-refractivity contribution in [2.24, 2.45) is 0 Å². The number of carbonyl (C=O) groups is 2. The van der Waals surface area contributed by atoms with Gasteiger partial charge in [0.2, 0.25) is 5.95 Å². The predicted molar refractivity (Wildman–Crippen MR) is 96.9 cm³/mol. The highest BCUT2D eigenvalue weighted by molar-refractivity contribution is 5.88. The van der Waals surface area contributed by atoms with Crippen LogP contribution in [0.15, 0.2) is 53.7 Å². The molecule has 0 unspecified atom stereocenters. The molecule has 10 heteroatoms. The van der Waals surface area contributed by atoms with Crippen LogP contribution in [0.1, 0.15) is 26.3 Å². The molecule has 0 spiro atoms. The zero-order valence-corrected chi connectivity index (χ0v) is 14.2. The molecule has 10 nitrogen and oxygen atoms in total. The highest BCUT2D eigenvalue weighted by Crippen LogP contribution is 2.14. The normalized spacial score (nSPS) is 11.0. The van der Waals surface area contributed by atoms with Gasteiger partial charge in [0.25, 0.3) is 5.56 Å².